The normalized spacial score (nSPS) is 15.1. The Balaban J connectivity index is 1.13. The second kappa shape index (κ2) is 12.5. The second-order valence-electron chi connectivity index (χ2n) is 9.59. The van der Waals surface area contributed by atoms with Gasteiger partial charge in [-0.3, -0.25) is 0 Å². The Kier molecular flexibility index (Phi) is 8.39. The summed E-state index contributed by atoms with van der Waals surface area (Å²) in [5.74, 6) is -2.62. The average Bonchev–Trinajstić information content (AvgIpc) is 3.35. The maximum Gasteiger partial charge on any atom is 0.266 e. The number of nitrogens with zero attached hydrogens (tertiary/aromatic N) is 7. The number of benzene rings is 4. The van der Waals surface area contributed by atoms with E-state index in [0.29, 0.717) is 29.3 Å². The summed E-state index contributed by atoms with van der Waals surface area (Å²) in [6.07, 6.45) is 2.07. The summed E-state index contributed by atoms with van der Waals surface area (Å²) >= 11 is 0. The molecule has 9 heteroatoms. The van der Waals surface area contributed by atoms with Gasteiger partial charge in [0.1, 0.15) is 0 Å². The Morgan fingerprint density at radius 1 is 0.575 bits per heavy atom. The van der Waals surface area contributed by atoms with Gasteiger partial charge in [0.2, 0.25) is 0 Å². The van der Waals surface area contributed by atoms with Crippen LogP contribution < -0.4 is 4.90 Å². The largest absolute Gasteiger partial charge is 0.365 e. The first-order valence-corrected chi connectivity index (χ1v) is 13.2. The van der Waals surface area contributed by atoms with Gasteiger partial charge in [0.15, 0.2) is 0 Å². The topological polar surface area (TPSA) is 77.4 Å². The van der Waals surface area contributed by atoms with E-state index in [9.17, 15) is 8.78 Å². The quantitative estimate of drug-likeness (QED) is 0.196. The zero-order chi connectivity index (χ0) is 27.8. The number of hydrogen-bond acceptors (Lipinski definition) is 7. The number of halogens is 2. The highest BCUT2D eigenvalue weighted by molar-refractivity contribution is 5.54. The van der Waals surface area contributed by atoms with Crippen LogP contribution in [-0.2, 0) is 6.42 Å². The highest BCUT2D eigenvalue weighted by atomic mass is 19.3. The van der Waals surface area contributed by atoms with Crippen molar-refractivity contribution in [3.63, 3.8) is 0 Å². The first-order chi connectivity index (χ1) is 19.5. The Bertz CT molecular complexity index is 1480. The van der Waals surface area contributed by atoms with E-state index < -0.39 is 5.92 Å². The van der Waals surface area contributed by atoms with Crippen LogP contribution in [0.25, 0.3) is 0 Å². The lowest BCUT2D eigenvalue weighted by molar-refractivity contribution is 0.0257. The highest BCUT2D eigenvalue weighted by Gasteiger charge is 2.38. The summed E-state index contributed by atoms with van der Waals surface area (Å²) < 4.78 is 26.9. The SMILES string of the molecule is CCCc1ccc(/N=N/c2ccc(/N=N/c3ccc(/N=N/c4ccc(N5CCC(F)(F)C5)cc4)cc3)cc2)cc1. The number of hydrogen-bond donors (Lipinski definition) is 0. The first-order valence-electron chi connectivity index (χ1n) is 13.2. The molecule has 0 bridgehead atoms. The minimum atomic E-state index is -2.62. The van der Waals surface area contributed by atoms with Gasteiger partial charge in [-0.05, 0) is 96.9 Å². The minimum Gasteiger partial charge on any atom is -0.365 e. The van der Waals surface area contributed by atoms with Crippen LogP contribution in [0.4, 0.5) is 48.6 Å². The van der Waals surface area contributed by atoms with Gasteiger partial charge in [-0.15, -0.1) is 0 Å². The monoisotopic (exact) mass is 537 g/mol. The molecule has 7 nitrogen and oxygen atoms in total. The van der Waals surface area contributed by atoms with Gasteiger partial charge in [0.25, 0.3) is 5.92 Å². The maximum atomic E-state index is 13.5. The van der Waals surface area contributed by atoms with E-state index in [4.69, 9.17) is 0 Å². The molecule has 1 aliphatic rings. The maximum absolute atomic E-state index is 13.5. The molecule has 1 heterocycles. The third kappa shape index (κ3) is 7.47. The Hall–Kier alpha value is -4.66. The summed E-state index contributed by atoms with van der Waals surface area (Å²) in [7, 11) is 0. The van der Waals surface area contributed by atoms with Crippen LogP contribution in [0.5, 0.6) is 0 Å². The van der Waals surface area contributed by atoms with Gasteiger partial charge in [0.05, 0.1) is 40.7 Å². The third-order valence-corrected chi connectivity index (χ3v) is 6.40. The molecule has 1 aliphatic heterocycles. The van der Waals surface area contributed by atoms with Gasteiger partial charge in [-0.2, -0.15) is 30.7 Å². The number of alkyl halides is 2. The number of rotatable bonds is 9. The van der Waals surface area contributed by atoms with Crippen LogP contribution in [0.1, 0.15) is 25.3 Å². The molecule has 1 fully saturated rings. The predicted molar refractivity (Wildman–Crippen MR) is 154 cm³/mol. The van der Waals surface area contributed by atoms with Crippen molar-refractivity contribution in [2.75, 3.05) is 18.0 Å². The molecule has 0 N–H and O–H groups in total. The van der Waals surface area contributed by atoms with Crippen molar-refractivity contribution in [1.29, 1.82) is 0 Å². The van der Waals surface area contributed by atoms with Crippen LogP contribution in [0.2, 0.25) is 0 Å². The molecule has 0 radical (unpaired) electrons. The molecule has 4 aromatic carbocycles. The molecule has 40 heavy (non-hydrogen) atoms. The molecular weight excluding hydrogens is 508 g/mol. The van der Waals surface area contributed by atoms with E-state index in [1.807, 2.05) is 48.5 Å². The van der Waals surface area contributed by atoms with Gasteiger partial charge >= 0.3 is 0 Å². The van der Waals surface area contributed by atoms with Crippen molar-refractivity contribution in [3.8, 4) is 0 Å². The van der Waals surface area contributed by atoms with Crippen molar-refractivity contribution in [1.82, 2.24) is 0 Å². The summed E-state index contributed by atoms with van der Waals surface area (Å²) in [5, 5.41) is 25.6. The van der Waals surface area contributed by atoms with Crippen LogP contribution in [0.3, 0.4) is 0 Å². The molecule has 5 rings (SSSR count). The van der Waals surface area contributed by atoms with E-state index in [0.717, 1.165) is 29.9 Å². The zero-order valence-electron chi connectivity index (χ0n) is 22.2. The lowest BCUT2D eigenvalue weighted by Crippen LogP contribution is -2.24. The molecule has 0 amide bonds. The van der Waals surface area contributed by atoms with Crippen LogP contribution in [0.15, 0.2) is 128 Å². The van der Waals surface area contributed by atoms with Crippen LogP contribution in [0, 0.1) is 0 Å². The van der Waals surface area contributed by atoms with Crippen molar-refractivity contribution >= 4 is 39.8 Å². The molecular formula is C31H29F2N7. The lowest BCUT2D eigenvalue weighted by Gasteiger charge is -2.17. The number of aryl methyl sites for hydroxylation is 1. The van der Waals surface area contributed by atoms with Crippen molar-refractivity contribution < 1.29 is 8.78 Å². The van der Waals surface area contributed by atoms with Crippen LogP contribution in [-0.4, -0.2) is 19.0 Å². The lowest BCUT2D eigenvalue weighted by atomic mass is 10.1. The van der Waals surface area contributed by atoms with E-state index in [1.165, 1.54) is 5.56 Å². The van der Waals surface area contributed by atoms with Crippen LogP contribution >= 0.6 is 0 Å². The molecule has 0 atom stereocenters. The Morgan fingerprint density at radius 2 is 0.925 bits per heavy atom. The van der Waals surface area contributed by atoms with E-state index in [-0.39, 0.29) is 13.0 Å². The van der Waals surface area contributed by atoms with E-state index >= 15 is 0 Å². The fraction of sp³-hybridized carbons (Fsp3) is 0.226. The summed E-state index contributed by atoms with van der Waals surface area (Å²) in [6, 6.07) is 29.8. The molecule has 1 saturated heterocycles. The van der Waals surface area contributed by atoms with Crippen molar-refractivity contribution in [2.45, 2.75) is 32.1 Å². The van der Waals surface area contributed by atoms with Crippen molar-refractivity contribution in [2.24, 2.45) is 30.7 Å². The average molecular weight is 538 g/mol. The molecule has 0 saturated carbocycles. The Morgan fingerprint density at radius 3 is 1.25 bits per heavy atom. The number of azo groups is 3. The van der Waals surface area contributed by atoms with Gasteiger partial charge in [-0.1, -0.05) is 25.5 Å². The fourth-order valence-corrected chi connectivity index (χ4v) is 4.22. The molecule has 0 aliphatic carbocycles. The molecule has 0 unspecified atom stereocenters. The third-order valence-electron chi connectivity index (χ3n) is 6.40. The zero-order valence-corrected chi connectivity index (χ0v) is 22.2. The van der Waals surface area contributed by atoms with E-state index in [2.05, 4.69) is 49.7 Å². The fourth-order valence-electron chi connectivity index (χ4n) is 4.22. The number of anilines is 1. The first kappa shape index (κ1) is 26.9. The summed E-state index contributed by atoms with van der Waals surface area (Å²) in [5.41, 5.74) is 6.30. The van der Waals surface area contributed by atoms with Gasteiger partial charge in [-0.25, -0.2) is 8.78 Å². The molecule has 0 spiro atoms. The van der Waals surface area contributed by atoms with Gasteiger partial charge in [0, 0.05) is 18.7 Å². The molecule has 4 aromatic rings. The van der Waals surface area contributed by atoms with E-state index in [1.54, 1.807) is 41.3 Å². The summed E-state index contributed by atoms with van der Waals surface area (Å²) in [4.78, 5) is 1.68. The van der Waals surface area contributed by atoms with Gasteiger partial charge < -0.3 is 4.90 Å². The second-order valence-corrected chi connectivity index (χ2v) is 9.59. The predicted octanol–water partition coefficient (Wildman–Crippen LogP) is 10.7. The standard InChI is InChI=1S/C31H29F2N7/c1-2-3-23-4-6-24(7-5-23)34-35-25-8-10-26(11-9-25)36-37-27-12-14-28(15-13-27)38-39-29-16-18-30(19-17-29)40-21-20-31(32,33)22-40/h4-19H,2-3,20-22H2,1H3/b35-34+,37-36+,39-38+. The Labute approximate surface area is 232 Å². The summed E-state index contributed by atoms with van der Waals surface area (Å²) in [6.45, 7) is 2.27. The smallest absolute Gasteiger partial charge is 0.266 e. The molecule has 202 valence electrons. The molecule has 0 aromatic heterocycles. The highest BCUT2D eigenvalue weighted by Crippen LogP contribution is 2.32. The van der Waals surface area contributed by atoms with Crippen molar-refractivity contribution in [3.05, 3.63) is 103 Å². The minimum absolute atomic E-state index is 0.113.